The fraction of sp³-hybridized carbons (Fsp3) is 0.235. The summed E-state index contributed by atoms with van der Waals surface area (Å²) in [5, 5.41) is 21.9. The van der Waals surface area contributed by atoms with E-state index < -0.39 is 5.54 Å². The lowest BCUT2D eigenvalue weighted by atomic mass is 9.92. The van der Waals surface area contributed by atoms with Gasteiger partial charge in [-0.25, -0.2) is 0 Å². The molecule has 2 N–H and O–H groups in total. The highest BCUT2D eigenvalue weighted by Gasteiger charge is 2.24. The summed E-state index contributed by atoms with van der Waals surface area (Å²) in [7, 11) is 0. The maximum atomic E-state index is 9.69. The van der Waals surface area contributed by atoms with Crippen molar-refractivity contribution >= 4 is 0 Å². The van der Waals surface area contributed by atoms with E-state index in [-0.39, 0.29) is 6.61 Å². The number of hydrogen-bond acceptors (Lipinski definition) is 3. The average Bonchev–Trinajstić information content (AvgIpc) is 2.54. The molecule has 102 valence electrons. The molecule has 0 spiro atoms. The van der Waals surface area contributed by atoms with Crippen LogP contribution in [0.15, 0.2) is 54.6 Å². The Morgan fingerprint density at radius 2 is 1.75 bits per heavy atom. The molecule has 0 radical (unpaired) electrons. The molecule has 2 aromatic carbocycles. The van der Waals surface area contributed by atoms with Crippen molar-refractivity contribution in [2.24, 2.45) is 0 Å². The molecule has 0 aromatic heterocycles. The molecule has 0 saturated heterocycles. The molecule has 0 heterocycles. The van der Waals surface area contributed by atoms with Gasteiger partial charge in [-0.3, -0.25) is 0 Å². The van der Waals surface area contributed by atoms with Crippen LogP contribution in [-0.2, 0) is 12.1 Å². The van der Waals surface area contributed by atoms with E-state index in [1.165, 1.54) is 0 Å². The number of aliphatic hydroxyl groups excluding tert-OH is 1. The highest BCUT2D eigenvalue weighted by atomic mass is 16.3. The van der Waals surface area contributed by atoms with Crippen LogP contribution >= 0.6 is 0 Å². The molecule has 3 nitrogen and oxygen atoms in total. The number of hydrogen-bond donors (Lipinski definition) is 2. The normalized spacial score (nSPS) is 13.4. The van der Waals surface area contributed by atoms with Gasteiger partial charge < -0.3 is 10.4 Å². The van der Waals surface area contributed by atoms with Crippen molar-refractivity contribution in [2.45, 2.75) is 19.0 Å². The van der Waals surface area contributed by atoms with Gasteiger partial charge in [-0.05, 0) is 30.2 Å². The molecule has 1 atom stereocenters. The highest BCUT2D eigenvalue weighted by Crippen LogP contribution is 2.20. The van der Waals surface area contributed by atoms with Crippen LogP contribution in [0.1, 0.15) is 23.6 Å². The largest absolute Gasteiger partial charge is 0.394 e. The molecule has 0 amide bonds. The molecule has 1 unspecified atom stereocenters. The summed E-state index contributed by atoms with van der Waals surface area (Å²) in [4.78, 5) is 0. The van der Waals surface area contributed by atoms with Gasteiger partial charge >= 0.3 is 0 Å². The zero-order chi connectivity index (χ0) is 14.4. The van der Waals surface area contributed by atoms with Gasteiger partial charge in [0.15, 0.2) is 0 Å². The Hall–Kier alpha value is -2.15. The van der Waals surface area contributed by atoms with E-state index in [2.05, 4.69) is 11.4 Å². The molecule has 0 bridgehead atoms. The summed E-state index contributed by atoms with van der Waals surface area (Å²) in [6.07, 6.45) is 0. The Kier molecular flexibility index (Phi) is 4.52. The predicted octanol–water partition coefficient (Wildman–Crippen LogP) is 2.56. The van der Waals surface area contributed by atoms with Crippen molar-refractivity contribution in [1.82, 2.24) is 5.32 Å². The van der Waals surface area contributed by atoms with Crippen LogP contribution in [0.5, 0.6) is 0 Å². The zero-order valence-corrected chi connectivity index (χ0v) is 11.5. The Labute approximate surface area is 119 Å². The molecule has 2 aromatic rings. The van der Waals surface area contributed by atoms with Crippen LogP contribution in [0.25, 0.3) is 0 Å². The first-order valence-corrected chi connectivity index (χ1v) is 6.58. The first-order valence-electron chi connectivity index (χ1n) is 6.58. The van der Waals surface area contributed by atoms with Gasteiger partial charge in [0.1, 0.15) is 0 Å². The summed E-state index contributed by atoms with van der Waals surface area (Å²) in [6.45, 7) is 2.64. The van der Waals surface area contributed by atoms with Gasteiger partial charge in [-0.2, -0.15) is 5.26 Å². The number of nitrogens with zero attached hydrogens (tertiary/aromatic N) is 1. The summed E-state index contributed by atoms with van der Waals surface area (Å²) in [6, 6.07) is 19.4. The van der Waals surface area contributed by atoms with Crippen LogP contribution in [-0.4, -0.2) is 11.7 Å². The number of benzene rings is 2. The second kappa shape index (κ2) is 6.33. The average molecular weight is 266 g/mol. The first-order chi connectivity index (χ1) is 9.68. The van der Waals surface area contributed by atoms with Gasteiger partial charge in [0, 0.05) is 6.54 Å². The van der Waals surface area contributed by atoms with E-state index in [0.717, 1.165) is 11.1 Å². The third kappa shape index (κ3) is 3.24. The van der Waals surface area contributed by atoms with Crippen LogP contribution in [0.2, 0.25) is 0 Å². The van der Waals surface area contributed by atoms with Gasteiger partial charge in [0.25, 0.3) is 0 Å². The molecule has 0 aliphatic carbocycles. The molecule has 2 rings (SSSR count). The molecule has 20 heavy (non-hydrogen) atoms. The number of nitrogens with one attached hydrogen (secondary N) is 1. The number of aliphatic hydroxyl groups is 1. The van der Waals surface area contributed by atoms with E-state index in [1.807, 2.05) is 49.4 Å². The topological polar surface area (TPSA) is 56.0 Å². The summed E-state index contributed by atoms with van der Waals surface area (Å²) in [5.74, 6) is 0. The fourth-order valence-corrected chi connectivity index (χ4v) is 2.05. The summed E-state index contributed by atoms with van der Waals surface area (Å²) in [5.41, 5.74) is 2.31. The molecular weight excluding hydrogens is 248 g/mol. The second-order valence-corrected chi connectivity index (χ2v) is 5.02. The maximum Gasteiger partial charge on any atom is 0.0991 e. The van der Waals surface area contributed by atoms with Crippen molar-refractivity contribution in [1.29, 1.82) is 5.26 Å². The first kappa shape index (κ1) is 14.3. The standard InChI is InChI=1S/C17H18N2O/c1-17(13-20,16-5-3-2-4-6-16)19-12-15-9-7-14(11-18)8-10-15/h2-10,19-20H,12-13H2,1H3. The lowest BCUT2D eigenvalue weighted by Gasteiger charge is -2.29. The van der Waals surface area contributed by atoms with Crippen molar-refractivity contribution in [3.8, 4) is 6.07 Å². The monoisotopic (exact) mass is 266 g/mol. The minimum absolute atomic E-state index is 0.0211. The molecule has 0 aliphatic rings. The quantitative estimate of drug-likeness (QED) is 0.874. The molecule has 3 heteroatoms. The molecular formula is C17H18N2O. The third-order valence-electron chi connectivity index (χ3n) is 3.49. The van der Waals surface area contributed by atoms with Gasteiger partial charge in [0.05, 0.1) is 23.8 Å². The van der Waals surface area contributed by atoms with Crippen LogP contribution in [0.4, 0.5) is 0 Å². The van der Waals surface area contributed by atoms with E-state index >= 15 is 0 Å². The van der Waals surface area contributed by atoms with Crippen LogP contribution in [0.3, 0.4) is 0 Å². The summed E-state index contributed by atoms with van der Waals surface area (Å²) >= 11 is 0. The zero-order valence-electron chi connectivity index (χ0n) is 11.5. The SMILES string of the molecule is CC(CO)(NCc1ccc(C#N)cc1)c1ccccc1. The number of rotatable bonds is 5. The predicted molar refractivity (Wildman–Crippen MR) is 78.9 cm³/mol. The number of nitriles is 1. The molecule has 0 saturated carbocycles. The van der Waals surface area contributed by atoms with Crippen molar-refractivity contribution < 1.29 is 5.11 Å². The third-order valence-corrected chi connectivity index (χ3v) is 3.49. The lowest BCUT2D eigenvalue weighted by molar-refractivity contribution is 0.173. The van der Waals surface area contributed by atoms with E-state index in [1.54, 1.807) is 12.1 Å². The van der Waals surface area contributed by atoms with E-state index in [0.29, 0.717) is 12.1 Å². The van der Waals surface area contributed by atoms with Crippen LogP contribution < -0.4 is 5.32 Å². The Morgan fingerprint density at radius 3 is 2.30 bits per heavy atom. The summed E-state index contributed by atoms with van der Waals surface area (Å²) < 4.78 is 0. The Balaban J connectivity index is 2.09. The Bertz CT molecular complexity index is 587. The van der Waals surface area contributed by atoms with E-state index in [4.69, 9.17) is 5.26 Å². The fourth-order valence-electron chi connectivity index (χ4n) is 2.05. The second-order valence-electron chi connectivity index (χ2n) is 5.02. The smallest absolute Gasteiger partial charge is 0.0991 e. The van der Waals surface area contributed by atoms with Gasteiger partial charge in [0.2, 0.25) is 0 Å². The van der Waals surface area contributed by atoms with E-state index in [9.17, 15) is 5.11 Å². The highest BCUT2D eigenvalue weighted by molar-refractivity contribution is 5.32. The van der Waals surface area contributed by atoms with Gasteiger partial charge in [-0.1, -0.05) is 42.5 Å². The van der Waals surface area contributed by atoms with Crippen molar-refractivity contribution in [3.63, 3.8) is 0 Å². The minimum atomic E-state index is -0.477. The van der Waals surface area contributed by atoms with Crippen molar-refractivity contribution in [3.05, 3.63) is 71.3 Å². The maximum absolute atomic E-state index is 9.69. The van der Waals surface area contributed by atoms with Gasteiger partial charge in [-0.15, -0.1) is 0 Å². The lowest BCUT2D eigenvalue weighted by Crippen LogP contribution is -2.42. The van der Waals surface area contributed by atoms with Crippen LogP contribution in [0, 0.1) is 11.3 Å². The van der Waals surface area contributed by atoms with Crippen molar-refractivity contribution in [2.75, 3.05) is 6.61 Å². The minimum Gasteiger partial charge on any atom is -0.394 e. The Morgan fingerprint density at radius 1 is 1.10 bits per heavy atom. The molecule has 0 aliphatic heterocycles. The molecule has 0 fully saturated rings.